The molecule has 1 aromatic heterocycles. The number of ether oxygens (including phenoxy) is 1. The molecule has 0 aliphatic heterocycles. The van der Waals surface area contributed by atoms with Crippen LogP contribution >= 0.6 is 27.5 Å². The van der Waals surface area contributed by atoms with Crippen LogP contribution in [0.15, 0.2) is 10.7 Å². The number of rotatable bonds is 5. The quantitative estimate of drug-likeness (QED) is 0.466. The third-order valence-electron chi connectivity index (χ3n) is 2.16. The molecular formula is C11H11BrClF2NO2. The Balaban J connectivity index is 3.12. The summed E-state index contributed by atoms with van der Waals surface area (Å²) in [6.45, 7) is 1.85. The standard InChI is InChI=1S/C11H11BrClF2NO2/c1-2-18-9(17)4-7-8(11(14)15)3-6(5-13)16-10(7)12/h3,11H,2,4-5H2,1H3. The van der Waals surface area contributed by atoms with Crippen LogP contribution in [0.4, 0.5) is 8.78 Å². The summed E-state index contributed by atoms with van der Waals surface area (Å²) in [6.07, 6.45) is -2.94. The second-order valence-corrected chi connectivity index (χ2v) is 4.41. The summed E-state index contributed by atoms with van der Waals surface area (Å²) in [7, 11) is 0. The predicted octanol–water partition coefficient (Wildman–Crippen LogP) is 3.63. The number of halogens is 4. The van der Waals surface area contributed by atoms with E-state index < -0.39 is 12.4 Å². The first-order valence-electron chi connectivity index (χ1n) is 5.17. The fourth-order valence-corrected chi connectivity index (χ4v) is 2.14. The highest BCUT2D eigenvalue weighted by Gasteiger charge is 2.20. The van der Waals surface area contributed by atoms with Crippen molar-refractivity contribution in [3.05, 3.63) is 27.5 Å². The third kappa shape index (κ3) is 3.88. The maximum atomic E-state index is 12.9. The average molecular weight is 343 g/mol. The molecule has 3 nitrogen and oxygen atoms in total. The van der Waals surface area contributed by atoms with Gasteiger partial charge in [0.2, 0.25) is 0 Å². The molecule has 100 valence electrons. The molecule has 0 aromatic carbocycles. The molecular weight excluding hydrogens is 331 g/mol. The lowest BCUT2D eigenvalue weighted by atomic mass is 10.1. The summed E-state index contributed by atoms with van der Waals surface area (Å²) in [5.74, 6) is -0.543. The number of aromatic nitrogens is 1. The zero-order chi connectivity index (χ0) is 13.7. The van der Waals surface area contributed by atoms with Gasteiger partial charge in [-0.15, -0.1) is 11.6 Å². The van der Waals surface area contributed by atoms with Crippen LogP contribution in [-0.4, -0.2) is 17.6 Å². The average Bonchev–Trinajstić information content (AvgIpc) is 2.31. The van der Waals surface area contributed by atoms with Gasteiger partial charge in [-0.2, -0.15) is 0 Å². The monoisotopic (exact) mass is 341 g/mol. The Morgan fingerprint density at radius 1 is 1.61 bits per heavy atom. The van der Waals surface area contributed by atoms with Crippen molar-refractivity contribution in [3.8, 4) is 0 Å². The molecule has 1 heterocycles. The van der Waals surface area contributed by atoms with Crippen LogP contribution in [0.25, 0.3) is 0 Å². The van der Waals surface area contributed by atoms with Crippen molar-refractivity contribution in [2.24, 2.45) is 0 Å². The van der Waals surface area contributed by atoms with Crippen molar-refractivity contribution >= 4 is 33.5 Å². The molecule has 0 unspecified atom stereocenters. The molecule has 7 heteroatoms. The van der Waals surface area contributed by atoms with Crippen molar-refractivity contribution in [2.75, 3.05) is 6.61 Å². The van der Waals surface area contributed by atoms with Gasteiger partial charge in [0.25, 0.3) is 6.43 Å². The molecule has 0 amide bonds. The van der Waals surface area contributed by atoms with E-state index in [1.807, 2.05) is 0 Å². The number of esters is 1. The van der Waals surface area contributed by atoms with Crippen LogP contribution in [0.2, 0.25) is 0 Å². The van der Waals surface area contributed by atoms with E-state index in [4.69, 9.17) is 16.3 Å². The van der Waals surface area contributed by atoms with Crippen molar-refractivity contribution < 1.29 is 18.3 Å². The van der Waals surface area contributed by atoms with Crippen molar-refractivity contribution in [3.63, 3.8) is 0 Å². The third-order valence-corrected chi connectivity index (χ3v) is 3.09. The zero-order valence-corrected chi connectivity index (χ0v) is 11.9. The molecule has 0 bridgehead atoms. The van der Waals surface area contributed by atoms with E-state index >= 15 is 0 Å². The summed E-state index contributed by atoms with van der Waals surface area (Å²) in [5.41, 5.74) is 0.212. The molecule has 0 saturated heterocycles. The first kappa shape index (κ1) is 15.3. The predicted molar refractivity (Wildman–Crippen MR) is 66.8 cm³/mol. The first-order chi connectivity index (χ1) is 8.49. The summed E-state index contributed by atoms with van der Waals surface area (Å²) < 4.78 is 30.8. The topological polar surface area (TPSA) is 39.2 Å². The molecule has 0 N–H and O–H groups in total. The van der Waals surface area contributed by atoms with Gasteiger partial charge >= 0.3 is 5.97 Å². The van der Waals surface area contributed by atoms with Crippen LogP contribution in [0, 0.1) is 0 Å². The highest BCUT2D eigenvalue weighted by molar-refractivity contribution is 9.10. The summed E-state index contributed by atoms with van der Waals surface area (Å²) >= 11 is 8.64. The first-order valence-corrected chi connectivity index (χ1v) is 6.50. The van der Waals surface area contributed by atoms with Crippen molar-refractivity contribution in [1.82, 2.24) is 4.98 Å². The van der Waals surface area contributed by atoms with Gasteiger partial charge in [0.1, 0.15) is 4.60 Å². The molecule has 0 atom stereocenters. The van der Waals surface area contributed by atoms with Crippen LogP contribution in [0.1, 0.15) is 30.2 Å². The van der Waals surface area contributed by atoms with Gasteiger partial charge in [0.05, 0.1) is 24.6 Å². The van der Waals surface area contributed by atoms with E-state index in [-0.39, 0.29) is 34.6 Å². The Bertz CT molecular complexity index is 443. The number of carbonyl (C=O) groups excluding carboxylic acids is 1. The number of hydrogen-bond donors (Lipinski definition) is 0. The Kier molecular flexibility index (Phi) is 5.95. The Morgan fingerprint density at radius 2 is 2.28 bits per heavy atom. The van der Waals surface area contributed by atoms with E-state index in [0.717, 1.165) is 0 Å². The molecule has 18 heavy (non-hydrogen) atoms. The Morgan fingerprint density at radius 3 is 2.78 bits per heavy atom. The largest absolute Gasteiger partial charge is 0.466 e. The Hall–Kier alpha value is -0.750. The van der Waals surface area contributed by atoms with E-state index in [0.29, 0.717) is 5.69 Å². The van der Waals surface area contributed by atoms with Gasteiger partial charge in [0, 0.05) is 11.1 Å². The molecule has 1 rings (SSSR count). The summed E-state index contributed by atoms with van der Waals surface area (Å²) in [5, 5.41) is 0. The number of hydrogen-bond acceptors (Lipinski definition) is 3. The minimum Gasteiger partial charge on any atom is -0.466 e. The number of carbonyl (C=O) groups is 1. The minimum absolute atomic E-state index is 0.0258. The van der Waals surface area contributed by atoms with E-state index in [1.54, 1.807) is 6.92 Å². The van der Waals surface area contributed by atoms with Gasteiger partial charge in [-0.05, 0) is 28.9 Å². The normalized spacial score (nSPS) is 10.8. The summed E-state index contributed by atoms with van der Waals surface area (Å²) in [4.78, 5) is 15.3. The maximum Gasteiger partial charge on any atom is 0.310 e. The van der Waals surface area contributed by atoms with Gasteiger partial charge in [-0.1, -0.05) is 0 Å². The van der Waals surface area contributed by atoms with E-state index in [1.165, 1.54) is 6.07 Å². The fourth-order valence-electron chi connectivity index (χ4n) is 1.41. The van der Waals surface area contributed by atoms with Gasteiger partial charge in [-0.25, -0.2) is 13.8 Å². The number of alkyl halides is 3. The molecule has 0 aliphatic carbocycles. The summed E-state index contributed by atoms with van der Waals surface area (Å²) in [6, 6.07) is 1.21. The van der Waals surface area contributed by atoms with E-state index in [2.05, 4.69) is 20.9 Å². The molecule has 0 radical (unpaired) electrons. The van der Waals surface area contributed by atoms with Crippen LogP contribution in [-0.2, 0) is 21.8 Å². The van der Waals surface area contributed by atoms with Gasteiger partial charge in [0.15, 0.2) is 0 Å². The van der Waals surface area contributed by atoms with Gasteiger partial charge in [-0.3, -0.25) is 4.79 Å². The highest BCUT2D eigenvalue weighted by Crippen LogP contribution is 2.29. The van der Waals surface area contributed by atoms with E-state index in [9.17, 15) is 13.6 Å². The van der Waals surface area contributed by atoms with Crippen molar-refractivity contribution in [2.45, 2.75) is 25.7 Å². The van der Waals surface area contributed by atoms with Gasteiger partial charge < -0.3 is 4.74 Å². The highest BCUT2D eigenvalue weighted by atomic mass is 79.9. The molecule has 0 spiro atoms. The smallest absolute Gasteiger partial charge is 0.310 e. The zero-order valence-electron chi connectivity index (χ0n) is 9.55. The number of pyridine rings is 1. The molecule has 0 aliphatic rings. The van der Waals surface area contributed by atoms with Crippen LogP contribution in [0.5, 0.6) is 0 Å². The molecule has 0 saturated carbocycles. The SMILES string of the molecule is CCOC(=O)Cc1c(C(F)F)cc(CCl)nc1Br. The van der Waals surface area contributed by atoms with Crippen LogP contribution < -0.4 is 0 Å². The fraction of sp³-hybridized carbons (Fsp3) is 0.455. The molecule has 0 fully saturated rings. The Labute approximate surface area is 117 Å². The van der Waals surface area contributed by atoms with Crippen molar-refractivity contribution in [1.29, 1.82) is 0 Å². The van der Waals surface area contributed by atoms with Crippen LogP contribution in [0.3, 0.4) is 0 Å². The minimum atomic E-state index is -2.70. The maximum absolute atomic E-state index is 12.9. The number of nitrogens with zero attached hydrogens (tertiary/aromatic N) is 1. The molecule has 1 aromatic rings. The lowest BCUT2D eigenvalue weighted by Gasteiger charge is -2.11. The second-order valence-electron chi connectivity index (χ2n) is 3.39. The second kappa shape index (κ2) is 6.99. The lowest BCUT2D eigenvalue weighted by molar-refractivity contribution is -0.142. The lowest BCUT2D eigenvalue weighted by Crippen LogP contribution is -2.11.